The van der Waals surface area contributed by atoms with Crippen molar-refractivity contribution in [1.29, 1.82) is 0 Å². The summed E-state index contributed by atoms with van der Waals surface area (Å²) in [5.41, 5.74) is 0.415. The van der Waals surface area contributed by atoms with Gasteiger partial charge in [0.05, 0.1) is 24.3 Å². The number of benzene rings is 1. The molecule has 0 N–H and O–H groups in total. The van der Waals surface area contributed by atoms with Crippen molar-refractivity contribution in [2.45, 2.75) is 72.6 Å². The Kier molecular flexibility index (Phi) is 10.0. The first-order valence-electron chi connectivity index (χ1n) is 9.78. The maximum atomic E-state index is 12.3. The van der Waals surface area contributed by atoms with Crippen molar-refractivity contribution in [2.75, 3.05) is 13.2 Å². The molecule has 0 amide bonds. The SMILES string of the molecule is CCCCCCCCCOC(=O)c1ccccc1C(=O)OCC(C)(C)C. The van der Waals surface area contributed by atoms with E-state index in [-0.39, 0.29) is 16.5 Å². The van der Waals surface area contributed by atoms with Crippen molar-refractivity contribution in [2.24, 2.45) is 5.41 Å². The lowest BCUT2D eigenvalue weighted by Crippen LogP contribution is -2.20. The van der Waals surface area contributed by atoms with Gasteiger partial charge in [-0.25, -0.2) is 9.59 Å². The van der Waals surface area contributed by atoms with Gasteiger partial charge in [-0.05, 0) is 24.0 Å². The molecule has 0 spiro atoms. The number of rotatable bonds is 11. The van der Waals surface area contributed by atoms with Gasteiger partial charge in [0.1, 0.15) is 0 Å². The number of hydrogen-bond acceptors (Lipinski definition) is 4. The van der Waals surface area contributed by atoms with E-state index < -0.39 is 11.9 Å². The van der Waals surface area contributed by atoms with E-state index in [9.17, 15) is 9.59 Å². The maximum absolute atomic E-state index is 12.3. The van der Waals surface area contributed by atoms with Crippen molar-refractivity contribution in [3.05, 3.63) is 35.4 Å². The van der Waals surface area contributed by atoms with Crippen molar-refractivity contribution in [1.82, 2.24) is 0 Å². The van der Waals surface area contributed by atoms with Crippen molar-refractivity contribution in [3.8, 4) is 0 Å². The molecule has 0 saturated heterocycles. The molecule has 26 heavy (non-hydrogen) atoms. The Morgan fingerprint density at radius 2 is 1.31 bits per heavy atom. The summed E-state index contributed by atoms with van der Waals surface area (Å²) in [6.45, 7) is 8.86. The van der Waals surface area contributed by atoms with Crippen molar-refractivity contribution in [3.63, 3.8) is 0 Å². The molecule has 1 aromatic rings. The number of unbranched alkanes of at least 4 members (excludes halogenated alkanes) is 6. The second-order valence-corrected chi connectivity index (χ2v) is 7.94. The number of esters is 2. The molecule has 1 rings (SSSR count). The number of carbonyl (C=O) groups is 2. The number of hydrogen-bond donors (Lipinski definition) is 0. The lowest BCUT2D eigenvalue weighted by Gasteiger charge is -2.18. The average molecular weight is 363 g/mol. The first-order chi connectivity index (χ1) is 12.3. The van der Waals surface area contributed by atoms with Gasteiger partial charge in [0.25, 0.3) is 0 Å². The van der Waals surface area contributed by atoms with Gasteiger partial charge in [-0.2, -0.15) is 0 Å². The van der Waals surface area contributed by atoms with E-state index >= 15 is 0 Å². The van der Waals surface area contributed by atoms with E-state index in [1.807, 2.05) is 20.8 Å². The lowest BCUT2D eigenvalue weighted by molar-refractivity contribution is 0.0352. The minimum absolute atomic E-state index is 0.123. The van der Waals surface area contributed by atoms with Crippen LogP contribution >= 0.6 is 0 Å². The van der Waals surface area contributed by atoms with E-state index in [1.165, 1.54) is 32.1 Å². The third kappa shape index (κ3) is 9.02. The van der Waals surface area contributed by atoms with Gasteiger partial charge in [-0.3, -0.25) is 0 Å². The Bertz CT molecular complexity index is 558. The average Bonchev–Trinajstić information content (AvgIpc) is 2.61. The smallest absolute Gasteiger partial charge is 0.339 e. The summed E-state index contributed by atoms with van der Waals surface area (Å²) in [7, 11) is 0. The minimum Gasteiger partial charge on any atom is -0.462 e. The normalized spacial score (nSPS) is 11.2. The number of ether oxygens (including phenoxy) is 2. The maximum Gasteiger partial charge on any atom is 0.339 e. The highest BCUT2D eigenvalue weighted by atomic mass is 16.5. The van der Waals surface area contributed by atoms with E-state index in [4.69, 9.17) is 9.47 Å². The van der Waals surface area contributed by atoms with Crippen molar-refractivity contribution >= 4 is 11.9 Å². The standard InChI is InChI=1S/C22H34O4/c1-5-6-7-8-9-10-13-16-25-20(23)18-14-11-12-15-19(18)21(24)26-17-22(2,3)4/h11-12,14-15H,5-10,13,16-17H2,1-4H3. The molecule has 0 fully saturated rings. The third-order valence-electron chi connectivity index (χ3n) is 3.98. The molecule has 0 aliphatic heterocycles. The Morgan fingerprint density at radius 1 is 0.808 bits per heavy atom. The van der Waals surface area contributed by atoms with Gasteiger partial charge < -0.3 is 9.47 Å². The summed E-state index contributed by atoms with van der Waals surface area (Å²) in [6, 6.07) is 6.67. The first-order valence-corrected chi connectivity index (χ1v) is 9.78. The zero-order valence-electron chi connectivity index (χ0n) is 16.8. The molecule has 0 aromatic heterocycles. The fraction of sp³-hybridized carbons (Fsp3) is 0.636. The second kappa shape index (κ2) is 11.7. The Labute approximate surface area is 158 Å². The molecule has 0 saturated carbocycles. The molecule has 0 heterocycles. The van der Waals surface area contributed by atoms with Crippen LogP contribution in [0.25, 0.3) is 0 Å². The lowest BCUT2D eigenvalue weighted by atomic mass is 9.98. The van der Waals surface area contributed by atoms with Crippen LogP contribution in [0, 0.1) is 5.41 Å². The van der Waals surface area contributed by atoms with Crippen LogP contribution in [0.5, 0.6) is 0 Å². The van der Waals surface area contributed by atoms with Gasteiger partial charge in [0, 0.05) is 0 Å². The summed E-state index contributed by atoms with van der Waals surface area (Å²) in [4.78, 5) is 24.6. The molecule has 0 aliphatic rings. The fourth-order valence-corrected chi connectivity index (χ4v) is 2.50. The van der Waals surface area contributed by atoms with Crippen molar-refractivity contribution < 1.29 is 19.1 Å². The van der Waals surface area contributed by atoms with Crippen LogP contribution in [0.1, 0.15) is 93.4 Å². The second-order valence-electron chi connectivity index (χ2n) is 7.94. The van der Waals surface area contributed by atoms with E-state index in [0.717, 1.165) is 12.8 Å². The third-order valence-corrected chi connectivity index (χ3v) is 3.98. The van der Waals surface area contributed by atoms with E-state index in [1.54, 1.807) is 24.3 Å². The van der Waals surface area contributed by atoms with Gasteiger partial charge in [0.2, 0.25) is 0 Å². The number of carbonyl (C=O) groups excluding carboxylic acids is 2. The van der Waals surface area contributed by atoms with E-state index in [0.29, 0.717) is 13.2 Å². The Morgan fingerprint density at radius 3 is 1.85 bits per heavy atom. The molecular weight excluding hydrogens is 328 g/mol. The van der Waals surface area contributed by atoms with Gasteiger partial charge in [0.15, 0.2) is 0 Å². The zero-order valence-corrected chi connectivity index (χ0v) is 16.8. The summed E-state index contributed by atoms with van der Waals surface area (Å²) in [5.74, 6) is -0.942. The zero-order chi connectivity index (χ0) is 19.4. The van der Waals surface area contributed by atoms with Gasteiger partial charge >= 0.3 is 11.9 Å². The first kappa shape index (κ1) is 22.2. The molecule has 0 atom stereocenters. The molecule has 146 valence electrons. The molecular formula is C22H34O4. The van der Waals surface area contributed by atoms with Crippen LogP contribution in [0.2, 0.25) is 0 Å². The highest BCUT2D eigenvalue weighted by Crippen LogP contribution is 2.17. The molecule has 4 heteroatoms. The Hall–Kier alpha value is -1.84. The summed E-state index contributed by atoms with van der Waals surface area (Å²) >= 11 is 0. The van der Waals surface area contributed by atoms with Crippen LogP contribution in [-0.2, 0) is 9.47 Å². The predicted molar refractivity (Wildman–Crippen MR) is 104 cm³/mol. The largest absolute Gasteiger partial charge is 0.462 e. The minimum atomic E-state index is -0.483. The monoisotopic (exact) mass is 362 g/mol. The summed E-state index contributed by atoms with van der Waals surface area (Å²) < 4.78 is 10.7. The topological polar surface area (TPSA) is 52.6 Å². The predicted octanol–water partition coefficient (Wildman–Crippen LogP) is 5.80. The van der Waals surface area contributed by atoms with Crippen LogP contribution in [0.4, 0.5) is 0 Å². The molecule has 0 aliphatic carbocycles. The van der Waals surface area contributed by atoms with Crippen LogP contribution in [0.3, 0.4) is 0 Å². The molecule has 1 aromatic carbocycles. The van der Waals surface area contributed by atoms with Gasteiger partial charge in [-0.1, -0.05) is 78.4 Å². The highest BCUT2D eigenvalue weighted by Gasteiger charge is 2.21. The summed E-state index contributed by atoms with van der Waals surface area (Å²) in [6.07, 6.45) is 8.14. The van der Waals surface area contributed by atoms with Gasteiger partial charge in [-0.15, -0.1) is 0 Å². The van der Waals surface area contributed by atoms with E-state index in [2.05, 4.69) is 6.92 Å². The molecule has 4 nitrogen and oxygen atoms in total. The molecule has 0 radical (unpaired) electrons. The van der Waals surface area contributed by atoms with Crippen LogP contribution in [-0.4, -0.2) is 25.2 Å². The molecule has 0 bridgehead atoms. The summed E-state index contributed by atoms with van der Waals surface area (Å²) in [5, 5.41) is 0. The Balaban J connectivity index is 2.45. The van der Waals surface area contributed by atoms with Crippen LogP contribution < -0.4 is 0 Å². The van der Waals surface area contributed by atoms with Crippen LogP contribution in [0.15, 0.2) is 24.3 Å². The fourth-order valence-electron chi connectivity index (χ4n) is 2.50. The molecule has 0 unspecified atom stereocenters. The highest BCUT2D eigenvalue weighted by molar-refractivity contribution is 6.03. The quantitative estimate of drug-likeness (QED) is 0.369.